The van der Waals surface area contributed by atoms with E-state index in [0.717, 1.165) is 5.92 Å². The lowest BCUT2D eigenvalue weighted by Gasteiger charge is -2.27. The van der Waals surface area contributed by atoms with E-state index in [1.807, 2.05) is 0 Å². The first-order chi connectivity index (χ1) is 9.24. The molecule has 1 aromatic carbocycles. The van der Waals surface area contributed by atoms with Crippen LogP contribution in [0.4, 0.5) is 11.4 Å². The molecule has 0 bridgehead atoms. The van der Waals surface area contributed by atoms with Gasteiger partial charge < -0.3 is 15.1 Å². The summed E-state index contributed by atoms with van der Waals surface area (Å²) in [5.41, 5.74) is 2.65. The standard InChI is InChI=1S/C16H25N3/c1-18(2)14-6-8-15(9-7-14)19-11-3-10-17-16(12-19)13-4-5-13/h6-9,13,16-17H,3-5,10-12H2,1-2H3. The topological polar surface area (TPSA) is 18.5 Å². The quantitative estimate of drug-likeness (QED) is 0.899. The fourth-order valence-corrected chi connectivity index (χ4v) is 2.96. The van der Waals surface area contributed by atoms with Crippen molar-refractivity contribution < 1.29 is 0 Å². The maximum absolute atomic E-state index is 3.72. The van der Waals surface area contributed by atoms with Crippen LogP contribution in [0.25, 0.3) is 0 Å². The molecule has 2 aliphatic rings. The van der Waals surface area contributed by atoms with Crippen LogP contribution in [0.5, 0.6) is 0 Å². The highest BCUT2D eigenvalue weighted by atomic mass is 15.2. The van der Waals surface area contributed by atoms with Gasteiger partial charge in [0.05, 0.1) is 0 Å². The molecule has 1 aromatic rings. The lowest BCUT2D eigenvalue weighted by molar-refractivity contribution is 0.490. The summed E-state index contributed by atoms with van der Waals surface area (Å²) >= 11 is 0. The van der Waals surface area contributed by atoms with Crippen LogP contribution >= 0.6 is 0 Å². The lowest BCUT2D eigenvalue weighted by Crippen LogP contribution is -2.39. The molecule has 1 atom stereocenters. The third-order valence-electron chi connectivity index (χ3n) is 4.35. The number of anilines is 2. The predicted molar refractivity (Wildman–Crippen MR) is 82.1 cm³/mol. The normalized spacial score (nSPS) is 24.1. The highest BCUT2D eigenvalue weighted by molar-refractivity contribution is 5.56. The number of nitrogens with zero attached hydrogens (tertiary/aromatic N) is 2. The van der Waals surface area contributed by atoms with Gasteiger partial charge in [-0.05, 0) is 56.0 Å². The molecule has 1 aliphatic heterocycles. The van der Waals surface area contributed by atoms with Gasteiger partial charge in [0.15, 0.2) is 0 Å². The highest BCUT2D eigenvalue weighted by Crippen LogP contribution is 2.34. The molecule has 3 nitrogen and oxygen atoms in total. The molecule has 1 saturated carbocycles. The van der Waals surface area contributed by atoms with Crippen molar-refractivity contribution in [1.82, 2.24) is 5.32 Å². The minimum Gasteiger partial charge on any atom is -0.378 e. The van der Waals surface area contributed by atoms with Crippen LogP contribution in [0, 0.1) is 5.92 Å². The molecule has 19 heavy (non-hydrogen) atoms. The summed E-state index contributed by atoms with van der Waals surface area (Å²) in [6, 6.07) is 9.69. The Kier molecular flexibility index (Phi) is 3.65. The molecule has 3 heteroatoms. The predicted octanol–water partition coefficient (Wildman–Crippen LogP) is 2.33. The summed E-state index contributed by atoms with van der Waals surface area (Å²) < 4.78 is 0. The van der Waals surface area contributed by atoms with Gasteiger partial charge in [-0.3, -0.25) is 0 Å². The summed E-state index contributed by atoms with van der Waals surface area (Å²) in [4.78, 5) is 4.71. The maximum Gasteiger partial charge on any atom is 0.0368 e. The molecule has 104 valence electrons. The molecule has 0 amide bonds. The largest absolute Gasteiger partial charge is 0.378 e. The number of nitrogens with one attached hydrogen (secondary N) is 1. The number of benzene rings is 1. The molecular weight excluding hydrogens is 234 g/mol. The second-order valence-electron chi connectivity index (χ2n) is 6.11. The highest BCUT2D eigenvalue weighted by Gasteiger charge is 2.33. The molecule has 1 saturated heterocycles. The molecule has 1 unspecified atom stereocenters. The Bertz CT molecular complexity index is 409. The molecule has 1 heterocycles. The average Bonchev–Trinajstić information content (AvgIpc) is 3.25. The van der Waals surface area contributed by atoms with Gasteiger partial charge in [-0.1, -0.05) is 0 Å². The van der Waals surface area contributed by atoms with Crippen LogP contribution in [0.3, 0.4) is 0 Å². The van der Waals surface area contributed by atoms with Crippen molar-refractivity contribution in [3.05, 3.63) is 24.3 Å². The van der Waals surface area contributed by atoms with E-state index in [0.29, 0.717) is 6.04 Å². The van der Waals surface area contributed by atoms with Crippen LogP contribution in [-0.2, 0) is 0 Å². The second-order valence-corrected chi connectivity index (χ2v) is 6.11. The van der Waals surface area contributed by atoms with Crippen LogP contribution in [0.15, 0.2) is 24.3 Å². The monoisotopic (exact) mass is 259 g/mol. The van der Waals surface area contributed by atoms with E-state index in [1.54, 1.807) is 0 Å². The van der Waals surface area contributed by atoms with E-state index in [1.165, 1.54) is 50.3 Å². The Morgan fingerprint density at radius 2 is 1.89 bits per heavy atom. The van der Waals surface area contributed by atoms with Crippen molar-refractivity contribution in [2.75, 3.05) is 43.5 Å². The smallest absolute Gasteiger partial charge is 0.0368 e. The fraction of sp³-hybridized carbons (Fsp3) is 0.625. The molecule has 1 aliphatic carbocycles. The lowest BCUT2D eigenvalue weighted by atomic mass is 10.1. The molecule has 1 N–H and O–H groups in total. The van der Waals surface area contributed by atoms with Crippen LogP contribution in [0.2, 0.25) is 0 Å². The minimum absolute atomic E-state index is 0.705. The Labute approximate surface area is 116 Å². The molecule has 0 radical (unpaired) electrons. The van der Waals surface area contributed by atoms with Crippen molar-refractivity contribution in [1.29, 1.82) is 0 Å². The zero-order valence-corrected chi connectivity index (χ0v) is 12.1. The zero-order chi connectivity index (χ0) is 13.2. The van der Waals surface area contributed by atoms with Gasteiger partial charge in [-0.15, -0.1) is 0 Å². The van der Waals surface area contributed by atoms with Gasteiger partial charge in [0.2, 0.25) is 0 Å². The maximum atomic E-state index is 3.72. The van der Waals surface area contributed by atoms with Gasteiger partial charge in [-0.2, -0.15) is 0 Å². The van der Waals surface area contributed by atoms with Gasteiger partial charge in [-0.25, -0.2) is 0 Å². The third kappa shape index (κ3) is 3.03. The van der Waals surface area contributed by atoms with Crippen molar-refractivity contribution in [3.63, 3.8) is 0 Å². The molecule has 3 rings (SSSR count). The SMILES string of the molecule is CN(C)c1ccc(N2CCCNC(C3CC3)C2)cc1. The van der Waals surface area contributed by atoms with Crippen molar-refractivity contribution in [2.45, 2.75) is 25.3 Å². The van der Waals surface area contributed by atoms with Crippen molar-refractivity contribution in [3.8, 4) is 0 Å². The molecule has 0 spiro atoms. The molecular formula is C16H25N3. The third-order valence-corrected chi connectivity index (χ3v) is 4.35. The van der Waals surface area contributed by atoms with Crippen molar-refractivity contribution >= 4 is 11.4 Å². The van der Waals surface area contributed by atoms with E-state index in [4.69, 9.17) is 0 Å². The summed E-state index contributed by atoms with van der Waals surface area (Å²) in [6.45, 7) is 3.52. The van der Waals surface area contributed by atoms with E-state index < -0.39 is 0 Å². The van der Waals surface area contributed by atoms with Crippen LogP contribution in [-0.4, -0.2) is 39.8 Å². The van der Waals surface area contributed by atoms with Gasteiger partial charge in [0.25, 0.3) is 0 Å². The zero-order valence-electron chi connectivity index (χ0n) is 12.1. The molecule has 2 fully saturated rings. The van der Waals surface area contributed by atoms with E-state index in [9.17, 15) is 0 Å². The van der Waals surface area contributed by atoms with E-state index in [-0.39, 0.29) is 0 Å². The Morgan fingerprint density at radius 1 is 1.16 bits per heavy atom. The number of hydrogen-bond donors (Lipinski definition) is 1. The summed E-state index contributed by atoms with van der Waals surface area (Å²) in [7, 11) is 4.18. The van der Waals surface area contributed by atoms with E-state index in [2.05, 4.69) is 53.5 Å². The minimum atomic E-state index is 0.705. The Morgan fingerprint density at radius 3 is 2.53 bits per heavy atom. The van der Waals surface area contributed by atoms with Gasteiger partial charge in [0, 0.05) is 44.6 Å². The summed E-state index contributed by atoms with van der Waals surface area (Å²) in [5.74, 6) is 0.932. The Balaban J connectivity index is 1.71. The Hall–Kier alpha value is -1.22. The van der Waals surface area contributed by atoms with Gasteiger partial charge >= 0.3 is 0 Å². The molecule has 0 aromatic heterocycles. The van der Waals surface area contributed by atoms with E-state index >= 15 is 0 Å². The number of rotatable bonds is 3. The first kappa shape index (κ1) is 12.8. The first-order valence-electron chi connectivity index (χ1n) is 7.50. The van der Waals surface area contributed by atoms with Crippen LogP contribution < -0.4 is 15.1 Å². The van der Waals surface area contributed by atoms with Gasteiger partial charge in [0.1, 0.15) is 0 Å². The average molecular weight is 259 g/mol. The number of hydrogen-bond acceptors (Lipinski definition) is 3. The van der Waals surface area contributed by atoms with Crippen molar-refractivity contribution in [2.24, 2.45) is 5.92 Å². The first-order valence-corrected chi connectivity index (χ1v) is 7.50. The summed E-state index contributed by atoms with van der Waals surface area (Å²) in [5, 5.41) is 3.72. The van der Waals surface area contributed by atoms with Crippen LogP contribution in [0.1, 0.15) is 19.3 Å². The summed E-state index contributed by atoms with van der Waals surface area (Å²) in [6.07, 6.45) is 4.09. The second kappa shape index (κ2) is 5.41. The fourth-order valence-electron chi connectivity index (χ4n) is 2.96.